The fourth-order valence-electron chi connectivity index (χ4n) is 1.22. The Kier molecular flexibility index (Phi) is 11.2. The molecule has 1 atom stereocenters. The van der Waals surface area contributed by atoms with Gasteiger partial charge in [0.05, 0.1) is 12.7 Å². The summed E-state index contributed by atoms with van der Waals surface area (Å²) in [5.74, 6) is 0. The van der Waals surface area contributed by atoms with Crippen molar-refractivity contribution < 1.29 is 9.84 Å². The molecule has 0 spiro atoms. The molecule has 0 fully saturated rings. The van der Waals surface area contributed by atoms with E-state index in [0.717, 1.165) is 39.1 Å². The third kappa shape index (κ3) is 10.4. The second kappa shape index (κ2) is 11.3. The van der Waals surface area contributed by atoms with E-state index in [1.54, 1.807) is 0 Å². The van der Waals surface area contributed by atoms with Crippen LogP contribution in [0, 0.1) is 0 Å². The van der Waals surface area contributed by atoms with Crippen molar-refractivity contribution in [3.63, 3.8) is 0 Å². The van der Waals surface area contributed by atoms with Crippen LogP contribution in [0.2, 0.25) is 0 Å². The lowest BCUT2D eigenvalue weighted by molar-refractivity contribution is 0.0358. The molecule has 0 heterocycles. The zero-order chi connectivity index (χ0) is 12.2. The second-order valence-corrected chi connectivity index (χ2v) is 4.18. The fourth-order valence-corrected chi connectivity index (χ4v) is 1.22. The maximum Gasteiger partial charge on any atom is 0.0897 e. The molecule has 2 N–H and O–H groups in total. The standard InChI is InChI=1S/C12H28N2O2/c1-4-6-9-16-11-12(15)10-13-7-8-14(3)5-2/h12-13,15H,4-11H2,1-3H3. The first-order chi connectivity index (χ1) is 7.70. The highest BCUT2D eigenvalue weighted by Crippen LogP contribution is 1.90. The Hall–Kier alpha value is -0.160. The summed E-state index contributed by atoms with van der Waals surface area (Å²) in [6.45, 7) is 9.06. The van der Waals surface area contributed by atoms with Crippen LogP contribution in [0.1, 0.15) is 26.7 Å². The van der Waals surface area contributed by atoms with E-state index in [1.807, 2.05) is 0 Å². The van der Waals surface area contributed by atoms with Crippen LogP contribution in [0.3, 0.4) is 0 Å². The predicted octanol–water partition coefficient (Wildman–Crippen LogP) is 0.705. The molecule has 0 radical (unpaired) electrons. The summed E-state index contributed by atoms with van der Waals surface area (Å²) in [7, 11) is 2.09. The van der Waals surface area contributed by atoms with Crippen LogP contribution in [-0.2, 0) is 4.74 Å². The quantitative estimate of drug-likeness (QED) is 0.515. The molecule has 98 valence electrons. The number of aliphatic hydroxyl groups excluding tert-OH is 1. The van der Waals surface area contributed by atoms with E-state index < -0.39 is 0 Å². The maximum absolute atomic E-state index is 9.57. The maximum atomic E-state index is 9.57. The molecule has 0 bridgehead atoms. The summed E-state index contributed by atoms with van der Waals surface area (Å²) >= 11 is 0. The van der Waals surface area contributed by atoms with Crippen LogP contribution in [0.15, 0.2) is 0 Å². The van der Waals surface area contributed by atoms with Crippen LogP contribution in [0.4, 0.5) is 0 Å². The van der Waals surface area contributed by atoms with Crippen molar-refractivity contribution in [3.8, 4) is 0 Å². The molecule has 0 saturated carbocycles. The van der Waals surface area contributed by atoms with E-state index in [2.05, 4.69) is 31.1 Å². The van der Waals surface area contributed by atoms with Crippen LogP contribution in [0.5, 0.6) is 0 Å². The van der Waals surface area contributed by atoms with E-state index in [9.17, 15) is 5.11 Å². The highest BCUT2D eigenvalue weighted by atomic mass is 16.5. The van der Waals surface area contributed by atoms with E-state index in [-0.39, 0.29) is 6.10 Å². The molecule has 0 saturated heterocycles. The average Bonchev–Trinajstić information content (AvgIpc) is 2.30. The summed E-state index contributed by atoms with van der Waals surface area (Å²) in [5.41, 5.74) is 0. The van der Waals surface area contributed by atoms with Gasteiger partial charge in [-0.05, 0) is 20.0 Å². The molecule has 0 aliphatic rings. The first kappa shape index (κ1) is 15.8. The Morgan fingerprint density at radius 3 is 2.75 bits per heavy atom. The molecular formula is C12H28N2O2. The van der Waals surface area contributed by atoms with Gasteiger partial charge in [0.25, 0.3) is 0 Å². The summed E-state index contributed by atoms with van der Waals surface area (Å²) in [5, 5.41) is 12.8. The Balaban J connectivity index is 3.20. The number of unbranched alkanes of at least 4 members (excludes halogenated alkanes) is 1. The minimum atomic E-state index is -0.385. The largest absolute Gasteiger partial charge is 0.389 e. The molecule has 0 aliphatic carbocycles. The van der Waals surface area contributed by atoms with Crippen molar-refractivity contribution in [2.75, 3.05) is 46.4 Å². The Morgan fingerprint density at radius 1 is 1.38 bits per heavy atom. The number of aliphatic hydroxyl groups is 1. The zero-order valence-electron chi connectivity index (χ0n) is 11.0. The molecule has 1 unspecified atom stereocenters. The summed E-state index contributed by atoms with van der Waals surface area (Å²) in [6.07, 6.45) is 1.82. The smallest absolute Gasteiger partial charge is 0.0897 e. The van der Waals surface area contributed by atoms with Crippen molar-refractivity contribution in [1.29, 1.82) is 0 Å². The SMILES string of the molecule is CCCCOCC(O)CNCCN(C)CC. The van der Waals surface area contributed by atoms with Gasteiger partial charge in [-0.3, -0.25) is 0 Å². The lowest BCUT2D eigenvalue weighted by Crippen LogP contribution is -2.35. The molecule has 0 aliphatic heterocycles. The molecule has 4 nitrogen and oxygen atoms in total. The van der Waals surface area contributed by atoms with Gasteiger partial charge in [-0.25, -0.2) is 0 Å². The highest BCUT2D eigenvalue weighted by Gasteiger charge is 2.03. The molecule has 0 amide bonds. The second-order valence-electron chi connectivity index (χ2n) is 4.18. The molecular weight excluding hydrogens is 204 g/mol. The third-order valence-electron chi connectivity index (χ3n) is 2.54. The summed E-state index contributed by atoms with van der Waals surface area (Å²) < 4.78 is 5.33. The van der Waals surface area contributed by atoms with E-state index >= 15 is 0 Å². The van der Waals surface area contributed by atoms with E-state index in [0.29, 0.717) is 13.2 Å². The third-order valence-corrected chi connectivity index (χ3v) is 2.54. The van der Waals surface area contributed by atoms with Gasteiger partial charge >= 0.3 is 0 Å². The number of hydrogen-bond donors (Lipinski definition) is 2. The Bertz CT molecular complexity index is 145. The number of hydrogen-bond acceptors (Lipinski definition) is 4. The van der Waals surface area contributed by atoms with Crippen LogP contribution in [0.25, 0.3) is 0 Å². The normalized spacial score (nSPS) is 13.3. The number of likely N-dealkylation sites (N-methyl/N-ethyl adjacent to an activating group) is 1. The van der Waals surface area contributed by atoms with Gasteiger partial charge in [0, 0.05) is 26.2 Å². The lowest BCUT2D eigenvalue weighted by Gasteiger charge is -2.16. The summed E-state index contributed by atoms with van der Waals surface area (Å²) in [6, 6.07) is 0. The molecule has 0 aromatic carbocycles. The Morgan fingerprint density at radius 2 is 2.12 bits per heavy atom. The molecule has 0 aromatic rings. The van der Waals surface area contributed by atoms with Gasteiger partial charge in [0.1, 0.15) is 0 Å². The topological polar surface area (TPSA) is 44.7 Å². The van der Waals surface area contributed by atoms with Crippen molar-refractivity contribution in [2.24, 2.45) is 0 Å². The van der Waals surface area contributed by atoms with Crippen LogP contribution < -0.4 is 5.32 Å². The minimum Gasteiger partial charge on any atom is -0.389 e. The predicted molar refractivity (Wildman–Crippen MR) is 67.8 cm³/mol. The highest BCUT2D eigenvalue weighted by molar-refractivity contribution is 4.59. The van der Waals surface area contributed by atoms with Gasteiger partial charge < -0.3 is 20.1 Å². The first-order valence-corrected chi connectivity index (χ1v) is 6.35. The van der Waals surface area contributed by atoms with Crippen molar-refractivity contribution in [3.05, 3.63) is 0 Å². The van der Waals surface area contributed by atoms with E-state index in [1.165, 1.54) is 0 Å². The number of ether oxygens (including phenoxy) is 1. The van der Waals surface area contributed by atoms with Crippen molar-refractivity contribution in [1.82, 2.24) is 10.2 Å². The number of nitrogens with one attached hydrogen (secondary N) is 1. The monoisotopic (exact) mass is 232 g/mol. The van der Waals surface area contributed by atoms with Crippen molar-refractivity contribution >= 4 is 0 Å². The van der Waals surface area contributed by atoms with Crippen molar-refractivity contribution in [2.45, 2.75) is 32.8 Å². The molecule has 16 heavy (non-hydrogen) atoms. The molecule has 0 aromatic heterocycles. The number of rotatable bonds is 11. The number of nitrogens with zero attached hydrogens (tertiary/aromatic N) is 1. The summed E-state index contributed by atoms with van der Waals surface area (Å²) in [4.78, 5) is 2.23. The lowest BCUT2D eigenvalue weighted by atomic mass is 10.3. The van der Waals surface area contributed by atoms with Crippen LogP contribution >= 0.6 is 0 Å². The van der Waals surface area contributed by atoms with Gasteiger partial charge in [0.15, 0.2) is 0 Å². The Labute approximate surface area is 100.0 Å². The van der Waals surface area contributed by atoms with Gasteiger partial charge in [0.2, 0.25) is 0 Å². The minimum absolute atomic E-state index is 0.385. The average molecular weight is 232 g/mol. The van der Waals surface area contributed by atoms with Gasteiger partial charge in [-0.2, -0.15) is 0 Å². The van der Waals surface area contributed by atoms with Gasteiger partial charge in [-0.15, -0.1) is 0 Å². The van der Waals surface area contributed by atoms with Crippen LogP contribution in [-0.4, -0.2) is 62.6 Å². The fraction of sp³-hybridized carbons (Fsp3) is 1.00. The zero-order valence-corrected chi connectivity index (χ0v) is 11.0. The molecule has 0 rings (SSSR count). The molecule has 4 heteroatoms. The van der Waals surface area contributed by atoms with E-state index in [4.69, 9.17) is 4.74 Å². The van der Waals surface area contributed by atoms with Gasteiger partial charge in [-0.1, -0.05) is 20.3 Å². The first-order valence-electron chi connectivity index (χ1n) is 6.35.